The first-order valence-corrected chi connectivity index (χ1v) is 7.78. The van der Waals surface area contributed by atoms with E-state index in [-0.39, 0.29) is 18.9 Å². The zero-order valence-electron chi connectivity index (χ0n) is 13.7. The predicted molar refractivity (Wildman–Crippen MR) is 91.7 cm³/mol. The quantitative estimate of drug-likeness (QED) is 0.459. The second-order valence-electron chi connectivity index (χ2n) is 5.65. The summed E-state index contributed by atoms with van der Waals surface area (Å²) in [5, 5.41) is 4.09. The number of benzene rings is 2. The zero-order valence-corrected chi connectivity index (χ0v) is 13.7. The van der Waals surface area contributed by atoms with E-state index in [2.05, 4.69) is 5.29 Å². The Hall–Kier alpha value is -3.22. The van der Waals surface area contributed by atoms with Crippen molar-refractivity contribution in [3.8, 4) is 5.75 Å². The Kier molecular flexibility index (Phi) is 4.74. The maximum absolute atomic E-state index is 12.7. The second-order valence-corrected chi connectivity index (χ2v) is 5.65. The predicted octanol–water partition coefficient (Wildman–Crippen LogP) is 2.51. The van der Waals surface area contributed by atoms with Gasteiger partial charge in [-0.3, -0.25) is 9.59 Å². The first-order valence-electron chi connectivity index (χ1n) is 7.78. The fourth-order valence-corrected chi connectivity index (χ4v) is 2.82. The Bertz CT molecular complexity index is 777. The van der Waals surface area contributed by atoms with Crippen LogP contribution in [0.4, 0.5) is 5.69 Å². The van der Waals surface area contributed by atoms with Gasteiger partial charge in [0.05, 0.1) is 31.0 Å². The smallest absolute Gasteiger partial charge is 0.258 e. The van der Waals surface area contributed by atoms with E-state index in [1.165, 1.54) is 7.11 Å². The molecule has 1 saturated heterocycles. The van der Waals surface area contributed by atoms with E-state index in [0.717, 1.165) is 15.5 Å². The average Bonchev–Trinajstić information content (AvgIpc) is 2.95. The van der Waals surface area contributed by atoms with Crippen molar-refractivity contribution in [3.05, 3.63) is 65.1 Å². The number of nitroso groups, excluding NO2 is 1. The van der Waals surface area contributed by atoms with E-state index >= 15 is 0 Å². The number of carbonyl (C=O) groups is 2. The Morgan fingerprint density at radius 2 is 1.80 bits per heavy atom. The normalized spacial score (nSPS) is 16.8. The molecule has 0 radical (unpaired) electrons. The standard InChI is InChI=1S/C18H17N3O4/c1-25-15-9-7-14(8-10-15)21-17(22)11-16(18(21)23)20(19-24)12-13-5-3-2-4-6-13/h2-10,16H,11-12H2,1H3. The Morgan fingerprint density at radius 3 is 2.40 bits per heavy atom. The van der Waals surface area contributed by atoms with Crippen molar-refractivity contribution >= 4 is 17.5 Å². The lowest BCUT2D eigenvalue weighted by molar-refractivity contribution is -0.123. The lowest BCUT2D eigenvalue weighted by Gasteiger charge is -2.21. The molecule has 1 atom stereocenters. The van der Waals surface area contributed by atoms with Crippen molar-refractivity contribution < 1.29 is 14.3 Å². The fraction of sp³-hybridized carbons (Fsp3) is 0.222. The van der Waals surface area contributed by atoms with Crippen LogP contribution in [0, 0.1) is 4.91 Å². The third kappa shape index (κ3) is 3.35. The van der Waals surface area contributed by atoms with E-state index in [4.69, 9.17) is 4.74 Å². The minimum Gasteiger partial charge on any atom is -0.497 e. The molecule has 1 aliphatic heterocycles. The number of rotatable bonds is 6. The number of hydrogen-bond donors (Lipinski definition) is 0. The maximum atomic E-state index is 12.7. The molecule has 3 rings (SSSR count). The molecule has 2 aromatic rings. The van der Waals surface area contributed by atoms with Crippen LogP contribution in [0.15, 0.2) is 59.9 Å². The highest BCUT2D eigenvalue weighted by Crippen LogP contribution is 2.28. The van der Waals surface area contributed by atoms with Crippen molar-refractivity contribution in [1.82, 2.24) is 5.01 Å². The summed E-state index contributed by atoms with van der Waals surface area (Å²) in [4.78, 5) is 37.4. The van der Waals surface area contributed by atoms with Crippen LogP contribution in [0.5, 0.6) is 5.75 Å². The van der Waals surface area contributed by atoms with Crippen LogP contribution in [0.3, 0.4) is 0 Å². The summed E-state index contributed by atoms with van der Waals surface area (Å²) < 4.78 is 5.08. The van der Waals surface area contributed by atoms with Gasteiger partial charge in [-0.25, -0.2) is 9.91 Å². The van der Waals surface area contributed by atoms with Gasteiger partial charge in [-0.2, -0.15) is 0 Å². The first kappa shape index (κ1) is 16.6. The molecule has 0 bridgehead atoms. The van der Waals surface area contributed by atoms with Crippen LogP contribution in [0.1, 0.15) is 12.0 Å². The molecule has 1 unspecified atom stereocenters. The number of imide groups is 1. The van der Waals surface area contributed by atoms with E-state index in [0.29, 0.717) is 11.4 Å². The minimum atomic E-state index is -0.896. The maximum Gasteiger partial charge on any atom is 0.258 e. The monoisotopic (exact) mass is 339 g/mol. The highest BCUT2D eigenvalue weighted by Gasteiger charge is 2.43. The molecule has 128 valence electrons. The third-order valence-electron chi connectivity index (χ3n) is 4.11. The summed E-state index contributed by atoms with van der Waals surface area (Å²) in [7, 11) is 1.54. The van der Waals surface area contributed by atoms with Gasteiger partial charge in [-0.15, -0.1) is 4.91 Å². The number of hydrogen-bond acceptors (Lipinski definition) is 5. The Morgan fingerprint density at radius 1 is 1.12 bits per heavy atom. The Balaban J connectivity index is 1.80. The van der Waals surface area contributed by atoms with Crippen molar-refractivity contribution in [1.29, 1.82) is 0 Å². The average molecular weight is 339 g/mol. The molecular formula is C18H17N3O4. The summed E-state index contributed by atoms with van der Waals surface area (Å²) >= 11 is 0. The minimum absolute atomic E-state index is 0.0799. The van der Waals surface area contributed by atoms with E-state index in [9.17, 15) is 14.5 Å². The van der Waals surface area contributed by atoms with Crippen LogP contribution in [-0.4, -0.2) is 30.0 Å². The number of anilines is 1. The molecule has 1 fully saturated rings. The van der Waals surface area contributed by atoms with Gasteiger partial charge in [0, 0.05) is 0 Å². The molecule has 2 amide bonds. The van der Waals surface area contributed by atoms with Gasteiger partial charge < -0.3 is 4.74 Å². The van der Waals surface area contributed by atoms with Crippen molar-refractivity contribution in [3.63, 3.8) is 0 Å². The molecule has 1 aliphatic rings. The summed E-state index contributed by atoms with van der Waals surface area (Å²) in [6.07, 6.45) is -0.0799. The summed E-state index contributed by atoms with van der Waals surface area (Å²) in [5.41, 5.74) is 1.29. The number of carbonyl (C=O) groups excluding carboxylic acids is 2. The van der Waals surface area contributed by atoms with Crippen LogP contribution >= 0.6 is 0 Å². The first-order chi connectivity index (χ1) is 12.1. The Labute approximate surface area is 144 Å². The largest absolute Gasteiger partial charge is 0.497 e. The van der Waals surface area contributed by atoms with Crippen molar-refractivity contribution in [2.45, 2.75) is 19.0 Å². The van der Waals surface area contributed by atoms with Gasteiger partial charge in [0.2, 0.25) is 5.91 Å². The number of ether oxygens (including phenoxy) is 1. The molecule has 7 nitrogen and oxygen atoms in total. The van der Waals surface area contributed by atoms with E-state index < -0.39 is 11.9 Å². The van der Waals surface area contributed by atoms with Crippen molar-refractivity contribution in [2.24, 2.45) is 5.29 Å². The SMILES string of the molecule is COc1ccc(N2C(=O)CC(N(Cc3ccccc3)N=O)C2=O)cc1. The molecule has 0 aliphatic carbocycles. The van der Waals surface area contributed by atoms with Gasteiger partial charge in [0.25, 0.3) is 5.91 Å². The lowest BCUT2D eigenvalue weighted by atomic mass is 10.2. The number of nitrogens with zero attached hydrogens (tertiary/aromatic N) is 3. The van der Waals surface area contributed by atoms with Gasteiger partial charge >= 0.3 is 0 Å². The molecule has 1 heterocycles. The topological polar surface area (TPSA) is 79.3 Å². The zero-order chi connectivity index (χ0) is 17.8. The van der Waals surface area contributed by atoms with Crippen LogP contribution in [0.2, 0.25) is 0 Å². The summed E-state index contributed by atoms with van der Waals surface area (Å²) in [5.74, 6) is -0.188. The van der Waals surface area contributed by atoms with Crippen molar-refractivity contribution in [2.75, 3.05) is 12.0 Å². The summed E-state index contributed by atoms with van der Waals surface area (Å²) in [6, 6.07) is 14.9. The number of methoxy groups -OCH3 is 1. The molecule has 0 N–H and O–H groups in total. The molecule has 0 spiro atoms. The molecule has 0 aromatic heterocycles. The third-order valence-corrected chi connectivity index (χ3v) is 4.11. The van der Waals surface area contributed by atoms with Gasteiger partial charge in [0.15, 0.2) is 0 Å². The molecule has 25 heavy (non-hydrogen) atoms. The van der Waals surface area contributed by atoms with Gasteiger partial charge in [-0.05, 0) is 29.8 Å². The second kappa shape index (κ2) is 7.12. The highest BCUT2D eigenvalue weighted by atomic mass is 16.5. The molecule has 0 saturated carbocycles. The lowest BCUT2D eigenvalue weighted by Crippen LogP contribution is -2.39. The summed E-state index contributed by atoms with van der Waals surface area (Å²) in [6.45, 7) is 0.171. The van der Waals surface area contributed by atoms with Crippen LogP contribution in [-0.2, 0) is 16.1 Å². The highest BCUT2D eigenvalue weighted by molar-refractivity contribution is 6.22. The molecule has 7 heteroatoms. The molecule has 2 aromatic carbocycles. The van der Waals surface area contributed by atoms with Gasteiger partial charge in [0.1, 0.15) is 11.8 Å². The molecular weight excluding hydrogens is 322 g/mol. The fourth-order valence-electron chi connectivity index (χ4n) is 2.82. The van der Waals surface area contributed by atoms with Gasteiger partial charge in [-0.1, -0.05) is 30.3 Å². The van der Waals surface area contributed by atoms with E-state index in [1.807, 2.05) is 30.3 Å². The van der Waals surface area contributed by atoms with Crippen LogP contribution < -0.4 is 9.64 Å². The van der Waals surface area contributed by atoms with Crippen LogP contribution in [0.25, 0.3) is 0 Å². The van der Waals surface area contributed by atoms with E-state index in [1.54, 1.807) is 24.3 Å². The number of amides is 2.